The van der Waals surface area contributed by atoms with E-state index in [9.17, 15) is 13.2 Å². The summed E-state index contributed by atoms with van der Waals surface area (Å²) in [5.74, 6) is 1.20. The molecule has 0 radical (unpaired) electrons. The molecule has 3 aromatic carbocycles. The molecule has 0 aliphatic carbocycles. The highest BCUT2D eigenvalue weighted by molar-refractivity contribution is 5.86. The van der Waals surface area contributed by atoms with Crippen LogP contribution in [0.2, 0.25) is 0 Å². The molecule has 0 N–H and O–H groups in total. The van der Waals surface area contributed by atoms with E-state index >= 15 is 0 Å². The number of methoxy groups -OCH3 is 1. The highest BCUT2D eigenvalue weighted by Crippen LogP contribution is 2.30. The number of hydrogen-bond donors (Lipinski definition) is 0. The monoisotopic (exact) mass is 474 g/mol. The fourth-order valence-electron chi connectivity index (χ4n) is 3.92. The van der Waals surface area contributed by atoms with Crippen molar-refractivity contribution in [1.82, 2.24) is 9.55 Å². The zero-order valence-electron chi connectivity index (χ0n) is 18.8. The maximum atomic E-state index is 12.7. The number of hydrogen-bond acceptors (Lipinski definition) is 3. The van der Waals surface area contributed by atoms with Gasteiger partial charge in [0.05, 0.1) is 24.9 Å². The van der Waals surface area contributed by atoms with Gasteiger partial charge in [-0.25, -0.2) is 4.98 Å². The number of ether oxygens (including phenoxy) is 1. The molecule has 0 unspecified atom stereocenters. The fourth-order valence-corrected chi connectivity index (χ4v) is 3.92. The first-order valence-corrected chi connectivity index (χ1v) is 10.9. The Morgan fingerprint density at radius 2 is 1.74 bits per heavy atom. The van der Waals surface area contributed by atoms with Gasteiger partial charge in [0.2, 0.25) is 5.89 Å². The number of halogens is 3. The van der Waals surface area contributed by atoms with Crippen LogP contribution in [0.25, 0.3) is 34.2 Å². The molecule has 7 heteroatoms. The van der Waals surface area contributed by atoms with Gasteiger partial charge in [-0.15, -0.1) is 0 Å². The molecule has 5 aromatic rings. The first-order valence-electron chi connectivity index (χ1n) is 10.9. The van der Waals surface area contributed by atoms with Crippen LogP contribution in [0, 0.1) is 0 Å². The van der Waals surface area contributed by atoms with Gasteiger partial charge in [-0.05, 0) is 65.2 Å². The smallest absolute Gasteiger partial charge is 0.416 e. The number of alkyl halides is 3. The van der Waals surface area contributed by atoms with Gasteiger partial charge in [0.15, 0.2) is 0 Å². The molecule has 4 nitrogen and oxygen atoms in total. The third-order valence-electron chi connectivity index (χ3n) is 5.73. The lowest BCUT2D eigenvalue weighted by Crippen LogP contribution is -2.03. The highest BCUT2D eigenvalue weighted by Gasteiger charge is 2.29. The van der Waals surface area contributed by atoms with Crippen LogP contribution in [0.4, 0.5) is 13.2 Å². The van der Waals surface area contributed by atoms with Crippen LogP contribution in [-0.2, 0) is 12.7 Å². The van der Waals surface area contributed by atoms with Crippen LogP contribution < -0.4 is 4.74 Å². The number of rotatable bonds is 6. The van der Waals surface area contributed by atoms with Crippen molar-refractivity contribution >= 4 is 23.1 Å². The van der Waals surface area contributed by atoms with Crippen LogP contribution in [0.5, 0.6) is 5.75 Å². The van der Waals surface area contributed by atoms with E-state index in [1.54, 1.807) is 25.5 Å². The SMILES string of the molecule is COc1cccc(-c2ccc3c(ccn3Cc3coc(/C=C/c4ccc(C(F)(F)F)cc4)n3)c2)c1. The second kappa shape index (κ2) is 9.18. The van der Waals surface area contributed by atoms with Crippen molar-refractivity contribution in [1.29, 1.82) is 0 Å². The van der Waals surface area contributed by atoms with E-state index in [1.165, 1.54) is 12.1 Å². The first-order chi connectivity index (χ1) is 16.9. The molecule has 2 heterocycles. The Hall–Kier alpha value is -4.26. The summed E-state index contributed by atoms with van der Waals surface area (Å²) in [5.41, 5.74) is 3.95. The number of benzene rings is 3. The number of fused-ring (bicyclic) bond motifs is 1. The van der Waals surface area contributed by atoms with Crippen molar-refractivity contribution < 1.29 is 22.3 Å². The Morgan fingerprint density at radius 1 is 0.943 bits per heavy atom. The van der Waals surface area contributed by atoms with E-state index in [-0.39, 0.29) is 0 Å². The van der Waals surface area contributed by atoms with E-state index in [1.807, 2.05) is 24.4 Å². The summed E-state index contributed by atoms with van der Waals surface area (Å²) in [6.07, 6.45) is 2.55. The van der Waals surface area contributed by atoms with E-state index in [2.05, 4.69) is 39.9 Å². The molecule has 0 spiro atoms. The van der Waals surface area contributed by atoms with Crippen molar-refractivity contribution in [3.63, 3.8) is 0 Å². The van der Waals surface area contributed by atoms with Crippen LogP contribution >= 0.6 is 0 Å². The Kier molecular flexibility index (Phi) is 5.91. The Balaban J connectivity index is 1.30. The second-order valence-corrected chi connectivity index (χ2v) is 8.08. The van der Waals surface area contributed by atoms with Crippen LogP contribution in [-0.4, -0.2) is 16.7 Å². The maximum Gasteiger partial charge on any atom is 0.416 e. The minimum absolute atomic E-state index is 0.386. The average Bonchev–Trinajstić information content (AvgIpc) is 3.49. The van der Waals surface area contributed by atoms with Gasteiger partial charge in [0, 0.05) is 23.2 Å². The topological polar surface area (TPSA) is 40.2 Å². The number of nitrogens with zero attached hydrogens (tertiary/aromatic N) is 2. The average molecular weight is 474 g/mol. The zero-order valence-corrected chi connectivity index (χ0v) is 18.8. The van der Waals surface area contributed by atoms with Crippen LogP contribution in [0.1, 0.15) is 22.7 Å². The van der Waals surface area contributed by atoms with Crippen molar-refractivity contribution in [2.45, 2.75) is 12.7 Å². The third kappa shape index (κ3) is 4.99. The molecule has 0 aliphatic rings. The quantitative estimate of drug-likeness (QED) is 0.255. The summed E-state index contributed by atoms with van der Waals surface area (Å²) in [6, 6.07) is 21.2. The molecule has 0 saturated carbocycles. The Bertz CT molecular complexity index is 1490. The van der Waals surface area contributed by atoms with Gasteiger partial charge in [-0.2, -0.15) is 13.2 Å². The summed E-state index contributed by atoms with van der Waals surface area (Å²) in [6.45, 7) is 0.527. The fraction of sp³-hybridized carbons (Fsp3) is 0.107. The number of aromatic nitrogens is 2. The maximum absolute atomic E-state index is 12.7. The zero-order chi connectivity index (χ0) is 24.4. The standard InChI is InChI=1S/C28H21F3N2O2/c1-34-25-4-2-3-20(16-25)21-8-11-26-22(15-21)13-14-33(26)17-24-18-35-27(32-24)12-7-19-5-9-23(10-6-19)28(29,30)31/h2-16,18H,17H2,1H3/b12-7+. The summed E-state index contributed by atoms with van der Waals surface area (Å²) in [4.78, 5) is 4.48. The normalized spacial score (nSPS) is 12.0. The lowest BCUT2D eigenvalue weighted by atomic mass is 10.0. The van der Waals surface area contributed by atoms with Gasteiger partial charge in [-0.3, -0.25) is 0 Å². The van der Waals surface area contributed by atoms with Crippen molar-refractivity contribution in [2.24, 2.45) is 0 Å². The van der Waals surface area contributed by atoms with Gasteiger partial charge in [0.1, 0.15) is 12.0 Å². The van der Waals surface area contributed by atoms with Crippen molar-refractivity contribution in [3.8, 4) is 16.9 Å². The predicted octanol–water partition coefficient (Wildman–Crippen LogP) is 7.54. The van der Waals surface area contributed by atoms with Gasteiger partial charge < -0.3 is 13.7 Å². The second-order valence-electron chi connectivity index (χ2n) is 8.08. The number of oxazole rings is 1. The lowest BCUT2D eigenvalue weighted by Gasteiger charge is -2.07. The molecule has 0 bridgehead atoms. The van der Waals surface area contributed by atoms with E-state index < -0.39 is 11.7 Å². The summed E-state index contributed by atoms with van der Waals surface area (Å²) in [5, 5.41) is 1.11. The summed E-state index contributed by atoms with van der Waals surface area (Å²) >= 11 is 0. The van der Waals surface area contributed by atoms with Gasteiger partial charge >= 0.3 is 6.18 Å². The molecule has 0 aliphatic heterocycles. The van der Waals surface area contributed by atoms with E-state index in [4.69, 9.17) is 9.15 Å². The van der Waals surface area contributed by atoms with E-state index in [0.717, 1.165) is 45.6 Å². The van der Waals surface area contributed by atoms with Gasteiger partial charge in [0.25, 0.3) is 0 Å². The largest absolute Gasteiger partial charge is 0.497 e. The van der Waals surface area contributed by atoms with E-state index in [0.29, 0.717) is 18.0 Å². The molecule has 0 atom stereocenters. The molecular weight excluding hydrogens is 453 g/mol. The molecule has 0 saturated heterocycles. The highest BCUT2D eigenvalue weighted by atomic mass is 19.4. The first kappa shape index (κ1) is 22.5. The molecule has 176 valence electrons. The van der Waals surface area contributed by atoms with Crippen molar-refractivity contribution in [2.75, 3.05) is 7.11 Å². The molecular formula is C28H21F3N2O2. The van der Waals surface area contributed by atoms with Crippen molar-refractivity contribution in [3.05, 3.63) is 108 Å². The minimum atomic E-state index is -4.35. The minimum Gasteiger partial charge on any atom is -0.497 e. The predicted molar refractivity (Wildman–Crippen MR) is 130 cm³/mol. The molecule has 35 heavy (non-hydrogen) atoms. The Morgan fingerprint density at radius 3 is 2.51 bits per heavy atom. The lowest BCUT2D eigenvalue weighted by molar-refractivity contribution is -0.137. The summed E-state index contributed by atoms with van der Waals surface area (Å²) in [7, 11) is 1.66. The summed E-state index contributed by atoms with van der Waals surface area (Å²) < 4.78 is 51.0. The molecule has 2 aromatic heterocycles. The molecule has 0 fully saturated rings. The molecule has 5 rings (SSSR count). The Labute approximate surface area is 199 Å². The molecule has 0 amide bonds. The van der Waals surface area contributed by atoms with Crippen LogP contribution in [0.3, 0.4) is 0 Å². The van der Waals surface area contributed by atoms with Crippen LogP contribution in [0.15, 0.2) is 89.7 Å². The third-order valence-corrected chi connectivity index (χ3v) is 5.73. The van der Waals surface area contributed by atoms with Gasteiger partial charge in [-0.1, -0.05) is 30.3 Å².